The van der Waals surface area contributed by atoms with Gasteiger partial charge in [0.25, 0.3) is 9.70 Å². The van der Waals surface area contributed by atoms with E-state index >= 15 is 0 Å². The van der Waals surface area contributed by atoms with Crippen molar-refractivity contribution in [3.63, 3.8) is 0 Å². The number of nitrogens with one attached hydrogen (secondary N) is 1. The van der Waals surface area contributed by atoms with Crippen LogP contribution in [0.15, 0.2) is 24.3 Å². The number of carboxylic acids is 1. The average Bonchev–Trinajstić information content (AvgIpc) is 2.29. The van der Waals surface area contributed by atoms with Gasteiger partial charge in [0.15, 0.2) is 0 Å². The first-order chi connectivity index (χ1) is 9.18. The number of alkyl halides is 3. The fraction of sp³-hybridized carbons (Fsp3) is 0.0909. The topological polar surface area (TPSA) is 92.7 Å². The number of ether oxygens (including phenoxy) is 1. The minimum atomic E-state index is -2.28. The van der Waals surface area contributed by atoms with Crippen LogP contribution in [0.5, 0.6) is 5.75 Å². The molecule has 20 heavy (non-hydrogen) atoms. The number of carbonyl (C=O) groups excluding carboxylic acids is 2. The quantitative estimate of drug-likeness (QED) is 0.824. The van der Waals surface area contributed by atoms with E-state index in [9.17, 15) is 14.4 Å². The Labute approximate surface area is 128 Å². The summed E-state index contributed by atoms with van der Waals surface area (Å²) in [6, 6.07) is 5.50. The van der Waals surface area contributed by atoms with Crippen molar-refractivity contribution in [3.8, 4) is 5.75 Å². The summed E-state index contributed by atoms with van der Waals surface area (Å²) in [7, 11) is 0. The first kappa shape index (κ1) is 16.6. The van der Waals surface area contributed by atoms with Crippen LogP contribution in [0.4, 0.5) is 4.79 Å². The lowest BCUT2D eigenvalue weighted by Crippen LogP contribution is -2.40. The van der Waals surface area contributed by atoms with E-state index in [1.54, 1.807) is 5.32 Å². The summed E-state index contributed by atoms with van der Waals surface area (Å²) < 4.78 is 2.45. The molecule has 0 saturated heterocycles. The van der Waals surface area contributed by atoms with Gasteiger partial charge in [0, 0.05) is 0 Å². The molecule has 0 saturated carbocycles. The van der Waals surface area contributed by atoms with Crippen LogP contribution in [0.3, 0.4) is 0 Å². The molecule has 0 unspecified atom stereocenters. The van der Waals surface area contributed by atoms with Gasteiger partial charge in [-0.05, 0) is 17.7 Å². The Bertz CT molecular complexity index is 524. The standard InChI is InChI=1S/C11H7Cl3NO5/c12-11(13,14)9(18)15-10(19)20-7-3-1-6(2-4-7)5-8(16)17/h1-5H,(H,16,17)(H,15,18,19). The molecule has 2 amide bonds. The van der Waals surface area contributed by atoms with Gasteiger partial charge < -0.3 is 9.84 Å². The van der Waals surface area contributed by atoms with Crippen molar-refractivity contribution >= 4 is 52.8 Å². The third kappa shape index (κ3) is 5.64. The summed E-state index contributed by atoms with van der Waals surface area (Å²) >= 11 is 15.8. The zero-order valence-electron chi connectivity index (χ0n) is 9.60. The number of hydrogen-bond donors (Lipinski definition) is 2. The Morgan fingerprint density at radius 1 is 1.15 bits per heavy atom. The largest absolute Gasteiger partial charge is 0.481 e. The number of benzene rings is 1. The van der Waals surface area contributed by atoms with Crippen molar-refractivity contribution in [2.24, 2.45) is 0 Å². The Hall–Kier alpha value is -1.50. The van der Waals surface area contributed by atoms with Gasteiger partial charge in [0.05, 0.1) is 6.42 Å². The average molecular weight is 340 g/mol. The molecule has 0 fully saturated rings. The van der Waals surface area contributed by atoms with E-state index in [0.717, 1.165) is 6.42 Å². The van der Waals surface area contributed by atoms with Crippen LogP contribution in [0, 0.1) is 6.42 Å². The second-order valence-corrected chi connectivity index (χ2v) is 5.67. The number of carbonyl (C=O) groups is 3. The van der Waals surface area contributed by atoms with Crippen LogP contribution in [-0.2, 0) is 9.59 Å². The molecule has 1 radical (unpaired) electrons. The highest BCUT2D eigenvalue weighted by Gasteiger charge is 2.32. The Morgan fingerprint density at radius 3 is 2.15 bits per heavy atom. The first-order valence-electron chi connectivity index (χ1n) is 4.96. The summed E-state index contributed by atoms with van der Waals surface area (Å²) in [6.07, 6.45) is -0.160. The smallest absolute Gasteiger partial charge is 0.419 e. The highest BCUT2D eigenvalue weighted by atomic mass is 35.6. The van der Waals surface area contributed by atoms with Gasteiger partial charge in [-0.1, -0.05) is 46.9 Å². The maximum Gasteiger partial charge on any atom is 0.419 e. The fourth-order valence-electron chi connectivity index (χ4n) is 1.07. The number of imide groups is 1. The monoisotopic (exact) mass is 338 g/mol. The van der Waals surface area contributed by atoms with Gasteiger partial charge in [-0.3, -0.25) is 14.9 Å². The fourth-order valence-corrected chi connectivity index (χ4v) is 1.21. The van der Waals surface area contributed by atoms with Crippen molar-refractivity contribution in [1.82, 2.24) is 5.32 Å². The molecule has 0 bridgehead atoms. The van der Waals surface area contributed by atoms with E-state index < -0.39 is 21.8 Å². The summed E-state index contributed by atoms with van der Waals surface area (Å²) in [5.74, 6) is -2.17. The summed E-state index contributed by atoms with van der Waals surface area (Å²) in [5, 5.41) is 10.2. The van der Waals surface area contributed by atoms with Crippen molar-refractivity contribution in [1.29, 1.82) is 0 Å². The number of aliphatic carboxylic acids is 1. The van der Waals surface area contributed by atoms with Gasteiger partial charge in [-0.15, -0.1) is 0 Å². The lowest BCUT2D eigenvalue weighted by Gasteiger charge is -2.10. The maximum absolute atomic E-state index is 11.3. The summed E-state index contributed by atoms with van der Waals surface area (Å²) in [5.41, 5.74) is 0.405. The molecule has 1 rings (SSSR count). The molecule has 6 nitrogen and oxygen atoms in total. The molecule has 0 aliphatic carbocycles. The van der Waals surface area contributed by atoms with Crippen molar-refractivity contribution < 1.29 is 24.2 Å². The second-order valence-electron chi connectivity index (χ2n) is 3.39. The molecule has 0 aliphatic rings. The van der Waals surface area contributed by atoms with Crippen molar-refractivity contribution in [3.05, 3.63) is 36.2 Å². The van der Waals surface area contributed by atoms with E-state index in [1.165, 1.54) is 24.3 Å². The van der Waals surface area contributed by atoms with Crippen molar-refractivity contribution in [2.45, 2.75) is 3.79 Å². The second kappa shape index (κ2) is 6.78. The Balaban J connectivity index is 2.58. The maximum atomic E-state index is 11.3. The van der Waals surface area contributed by atoms with Gasteiger partial charge in [0.1, 0.15) is 5.75 Å². The van der Waals surface area contributed by atoms with Crippen LogP contribution in [0.25, 0.3) is 0 Å². The Kier molecular flexibility index (Phi) is 5.62. The van der Waals surface area contributed by atoms with E-state index in [1.807, 2.05) is 0 Å². The van der Waals surface area contributed by atoms with E-state index in [2.05, 4.69) is 0 Å². The number of hydrogen-bond acceptors (Lipinski definition) is 4. The highest BCUT2D eigenvalue weighted by molar-refractivity contribution is 6.76. The van der Waals surface area contributed by atoms with E-state index in [4.69, 9.17) is 44.6 Å². The molecule has 0 aliphatic heterocycles. The summed E-state index contributed by atoms with van der Waals surface area (Å²) in [6.45, 7) is 0. The number of halogens is 3. The lowest BCUT2D eigenvalue weighted by atomic mass is 10.1. The van der Waals surface area contributed by atoms with Gasteiger partial charge in [0.2, 0.25) is 0 Å². The third-order valence-corrected chi connectivity index (χ3v) is 2.37. The summed E-state index contributed by atoms with van der Waals surface area (Å²) in [4.78, 5) is 32.9. The van der Waals surface area contributed by atoms with Crippen molar-refractivity contribution in [2.75, 3.05) is 0 Å². The molecule has 0 aromatic heterocycles. The normalized spacial score (nSPS) is 10.8. The van der Waals surface area contributed by atoms with Crippen LogP contribution in [0.1, 0.15) is 5.56 Å². The predicted octanol–water partition coefficient (Wildman–Crippen LogP) is 2.31. The molecule has 9 heteroatoms. The van der Waals surface area contributed by atoms with Crippen LogP contribution in [-0.4, -0.2) is 26.9 Å². The predicted molar refractivity (Wildman–Crippen MR) is 71.9 cm³/mol. The number of amides is 2. The Morgan fingerprint density at radius 2 is 1.70 bits per heavy atom. The zero-order chi connectivity index (χ0) is 15.3. The number of rotatable bonds is 3. The minimum absolute atomic E-state index is 0.0853. The van der Waals surface area contributed by atoms with E-state index in [-0.39, 0.29) is 5.75 Å². The van der Waals surface area contributed by atoms with Gasteiger partial charge >= 0.3 is 12.1 Å². The number of carboxylic acid groups (broad SMARTS) is 1. The highest BCUT2D eigenvalue weighted by Crippen LogP contribution is 2.25. The minimum Gasteiger partial charge on any atom is -0.481 e. The third-order valence-electron chi connectivity index (χ3n) is 1.85. The lowest BCUT2D eigenvalue weighted by molar-refractivity contribution is -0.132. The van der Waals surface area contributed by atoms with Gasteiger partial charge in [-0.25, -0.2) is 4.79 Å². The van der Waals surface area contributed by atoms with E-state index in [0.29, 0.717) is 5.56 Å². The molecule has 0 heterocycles. The molecular formula is C11H7Cl3NO5. The molecule has 107 valence electrons. The molecule has 0 atom stereocenters. The molecule has 2 N–H and O–H groups in total. The zero-order valence-corrected chi connectivity index (χ0v) is 11.9. The SMILES string of the molecule is O=C(O)[CH]c1ccc(OC(=O)NC(=O)C(Cl)(Cl)Cl)cc1. The van der Waals surface area contributed by atoms with Crippen LogP contribution >= 0.6 is 34.8 Å². The van der Waals surface area contributed by atoms with Gasteiger partial charge in [-0.2, -0.15) is 0 Å². The van der Waals surface area contributed by atoms with Crippen LogP contribution in [0.2, 0.25) is 0 Å². The molecule has 1 aromatic rings. The molecule has 0 spiro atoms. The molecule has 1 aromatic carbocycles. The van der Waals surface area contributed by atoms with Crippen LogP contribution < -0.4 is 10.1 Å². The first-order valence-corrected chi connectivity index (χ1v) is 6.09. The molecular weight excluding hydrogens is 332 g/mol.